The first-order chi connectivity index (χ1) is 14.4. The predicted octanol–water partition coefficient (Wildman–Crippen LogP) is 3.58. The lowest BCUT2D eigenvalue weighted by Gasteiger charge is -2.24. The maximum atomic E-state index is 13.2. The van der Waals surface area contributed by atoms with Gasteiger partial charge in [-0.3, -0.25) is 14.5 Å². The molecule has 0 spiro atoms. The molecule has 1 unspecified atom stereocenters. The molecule has 0 aliphatic carbocycles. The number of hydrogen-bond acceptors (Lipinski definition) is 3. The average molecular weight is 422 g/mol. The van der Waals surface area contributed by atoms with Gasteiger partial charge in [-0.2, -0.15) is 0 Å². The highest BCUT2D eigenvalue weighted by Crippen LogP contribution is 2.33. The Morgan fingerprint density at radius 3 is 2.50 bits per heavy atom. The van der Waals surface area contributed by atoms with E-state index in [1.54, 1.807) is 31.2 Å². The molecule has 2 N–H and O–H groups in total. The van der Waals surface area contributed by atoms with Crippen LogP contribution in [0.3, 0.4) is 0 Å². The molecule has 0 bridgehead atoms. The first kappa shape index (κ1) is 19.9. The molecule has 3 aromatic rings. The van der Waals surface area contributed by atoms with Gasteiger partial charge in [0.1, 0.15) is 12.1 Å². The van der Waals surface area contributed by atoms with Gasteiger partial charge in [-0.05, 0) is 41.0 Å². The second-order valence-corrected chi connectivity index (χ2v) is 7.81. The van der Waals surface area contributed by atoms with Gasteiger partial charge in [0.15, 0.2) is 0 Å². The first-order valence-corrected chi connectivity index (χ1v) is 9.90. The number of halogens is 1. The molecule has 0 radical (unpaired) electrons. The number of rotatable bonds is 5. The average Bonchev–Trinajstić information content (AvgIpc) is 2.96. The second kappa shape index (κ2) is 7.80. The maximum Gasteiger partial charge on any atom is 0.325 e. The van der Waals surface area contributed by atoms with Crippen LogP contribution < -0.4 is 10.6 Å². The summed E-state index contributed by atoms with van der Waals surface area (Å²) >= 11 is 5.86. The Labute approximate surface area is 178 Å². The van der Waals surface area contributed by atoms with E-state index in [9.17, 15) is 14.4 Å². The molecule has 3 aromatic carbocycles. The zero-order valence-corrected chi connectivity index (χ0v) is 17.1. The van der Waals surface area contributed by atoms with Crippen molar-refractivity contribution in [1.82, 2.24) is 15.5 Å². The molecule has 6 nitrogen and oxygen atoms in total. The van der Waals surface area contributed by atoms with Gasteiger partial charge in [0.25, 0.3) is 5.91 Å². The molecule has 152 valence electrons. The predicted molar refractivity (Wildman–Crippen MR) is 115 cm³/mol. The molecule has 4 rings (SSSR count). The normalized spacial score (nSPS) is 18.5. The van der Waals surface area contributed by atoms with Crippen LogP contribution in [0.2, 0.25) is 5.02 Å². The number of imide groups is 1. The minimum atomic E-state index is -1.24. The summed E-state index contributed by atoms with van der Waals surface area (Å²) < 4.78 is 0. The Morgan fingerprint density at radius 1 is 1.03 bits per heavy atom. The SMILES string of the molecule is CC1(c2cccc3ccccc23)NC(=O)N(CC(=O)NCc2ccc(Cl)cc2)C1=O. The quantitative estimate of drug-likeness (QED) is 0.618. The highest BCUT2D eigenvalue weighted by molar-refractivity contribution is 6.30. The maximum absolute atomic E-state index is 13.2. The van der Waals surface area contributed by atoms with Gasteiger partial charge in [-0.15, -0.1) is 0 Å². The lowest BCUT2D eigenvalue weighted by Crippen LogP contribution is -2.43. The van der Waals surface area contributed by atoms with Crippen LogP contribution in [0.1, 0.15) is 18.1 Å². The molecule has 1 atom stereocenters. The second-order valence-electron chi connectivity index (χ2n) is 7.38. The number of urea groups is 1. The summed E-state index contributed by atoms with van der Waals surface area (Å²) in [6, 6.07) is 19.8. The van der Waals surface area contributed by atoms with Crippen molar-refractivity contribution in [3.05, 3.63) is 82.9 Å². The summed E-state index contributed by atoms with van der Waals surface area (Å²) in [6.45, 7) is 1.60. The molecule has 7 heteroatoms. The van der Waals surface area contributed by atoms with E-state index >= 15 is 0 Å². The van der Waals surface area contributed by atoms with E-state index in [0.717, 1.165) is 21.2 Å². The van der Waals surface area contributed by atoms with E-state index in [1.807, 2.05) is 42.5 Å². The van der Waals surface area contributed by atoms with Gasteiger partial charge in [-0.1, -0.05) is 66.2 Å². The van der Waals surface area contributed by atoms with E-state index in [-0.39, 0.29) is 13.1 Å². The van der Waals surface area contributed by atoms with Gasteiger partial charge < -0.3 is 10.6 Å². The molecular weight excluding hydrogens is 402 g/mol. The molecule has 30 heavy (non-hydrogen) atoms. The summed E-state index contributed by atoms with van der Waals surface area (Å²) in [4.78, 5) is 39.1. The Kier molecular flexibility index (Phi) is 5.18. The van der Waals surface area contributed by atoms with Crippen molar-refractivity contribution in [2.75, 3.05) is 6.54 Å². The van der Waals surface area contributed by atoms with Gasteiger partial charge >= 0.3 is 6.03 Å². The molecule has 1 fully saturated rings. The lowest BCUT2D eigenvalue weighted by atomic mass is 9.88. The van der Waals surface area contributed by atoms with Crippen molar-refractivity contribution in [3.8, 4) is 0 Å². The minimum Gasteiger partial charge on any atom is -0.350 e. The zero-order valence-electron chi connectivity index (χ0n) is 16.3. The Balaban J connectivity index is 1.50. The monoisotopic (exact) mass is 421 g/mol. The number of nitrogens with one attached hydrogen (secondary N) is 2. The van der Waals surface area contributed by atoms with Gasteiger partial charge in [-0.25, -0.2) is 4.79 Å². The van der Waals surface area contributed by atoms with Crippen LogP contribution in [-0.2, 0) is 21.7 Å². The molecular formula is C23H20ClN3O3. The smallest absolute Gasteiger partial charge is 0.325 e. The standard InChI is InChI=1S/C23H20ClN3O3/c1-23(19-8-4-6-16-5-2-3-7-18(16)19)21(29)27(22(30)26-23)14-20(28)25-13-15-9-11-17(24)12-10-15/h2-12H,13-14H2,1H3,(H,25,28)(H,26,30). The fourth-order valence-corrected chi connectivity index (χ4v) is 3.81. The molecule has 1 aliphatic heterocycles. The third-order valence-corrected chi connectivity index (χ3v) is 5.56. The Morgan fingerprint density at radius 2 is 1.73 bits per heavy atom. The van der Waals surface area contributed by atoms with Gasteiger partial charge in [0.2, 0.25) is 5.91 Å². The summed E-state index contributed by atoms with van der Waals surface area (Å²) in [5.41, 5.74) is 0.322. The van der Waals surface area contributed by atoms with Crippen molar-refractivity contribution in [1.29, 1.82) is 0 Å². The molecule has 4 amide bonds. The third kappa shape index (κ3) is 3.62. The number of carbonyl (C=O) groups is 3. The number of benzene rings is 3. The number of nitrogens with zero attached hydrogens (tertiary/aromatic N) is 1. The van der Waals surface area contributed by atoms with Crippen molar-refractivity contribution >= 4 is 40.2 Å². The van der Waals surface area contributed by atoms with Crippen molar-refractivity contribution in [3.63, 3.8) is 0 Å². The van der Waals surface area contributed by atoms with Crippen LogP contribution in [0.15, 0.2) is 66.7 Å². The van der Waals surface area contributed by atoms with Crippen LogP contribution >= 0.6 is 11.6 Å². The van der Waals surface area contributed by atoms with Crippen LogP contribution in [0.4, 0.5) is 4.79 Å². The highest BCUT2D eigenvalue weighted by Gasteiger charge is 2.50. The summed E-state index contributed by atoms with van der Waals surface area (Å²) in [6.07, 6.45) is 0. The third-order valence-electron chi connectivity index (χ3n) is 5.31. The first-order valence-electron chi connectivity index (χ1n) is 9.52. The Hall–Kier alpha value is -3.38. The van der Waals surface area contributed by atoms with Crippen LogP contribution in [-0.4, -0.2) is 29.3 Å². The van der Waals surface area contributed by atoms with Crippen molar-refractivity contribution in [2.24, 2.45) is 0 Å². The molecule has 0 aromatic heterocycles. The fraction of sp³-hybridized carbons (Fsp3) is 0.174. The van der Waals surface area contributed by atoms with Crippen LogP contribution in [0.5, 0.6) is 0 Å². The minimum absolute atomic E-state index is 0.278. The van der Waals surface area contributed by atoms with Crippen molar-refractivity contribution in [2.45, 2.75) is 19.0 Å². The van der Waals surface area contributed by atoms with E-state index in [4.69, 9.17) is 11.6 Å². The summed E-state index contributed by atoms with van der Waals surface area (Å²) in [7, 11) is 0. The molecule has 1 saturated heterocycles. The largest absolute Gasteiger partial charge is 0.350 e. The molecule has 1 aliphatic rings. The molecule has 1 heterocycles. The number of carbonyl (C=O) groups excluding carboxylic acids is 3. The highest BCUT2D eigenvalue weighted by atomic mass is 35.5. The fourth-order valence-electron chi connectivity index (χ4n) is 3.69. The summed E-state index contributed by atoms with van der Waals surface area (Å²) in [5.74, 6) is -0.874. The van der Waals surface area contributed by atoms with E-state index < -0.39 is 23.4 Å². The molecule has 0 saturated carbocycles. The number of fused-ring (bicyclic) bond motifs is 1. The van der Waals surface area contributed by atoms with Crippen LogP contribution in [0, 0.1) is 0 Å². The van der Waals surface area contributed by atoms with E-state index in [0.29, 0.717) is 10.6 Å². The topological polar surface area (TPSA) is 78.5 Å². The number of hydrogen-bond donors (Lipinski definition) is 2. The van der Waals surface area contributed by atoms with E-state index in [1.165, 1.54) is 0 Å². The van der Waals surface area contributed by atoms with E-state index in [2.05, 4.69) is 10.6 Å². The Bertz CT molecular complexity index is 1140. The number of amides is 4. The van der Waals surface area contributed by atoms with Gasteiger partial charge in [0, 0.05) is 11.6 Å². The van der Waals surface area contributed by atoms with Gasteiger partial charge in [0.05, 0.1) is 0 Å². The summed E-state index contributed by atoms with van der Waals surface area (Å²) in [5, 5.41) is 7.95. The van der Waals surface area contributed by atoms with Crippen molar-refractivity contribution < 1.29 is 14.4 Å². The lowest BCUT2D eigenvalue weighted by molar-refractivity contribution is -0.134. The van der Waals surface area contributed by atoms with Crippen LogP contribution in [0.25, 0.3) is 10.8 Å². The zero-order chi connectivity index (χ0) is 21.3.